The molecule has 0 unspecified atom stereocenters. The smallest absolute Gasteiger partial charge is 0.254 e. The van der Waals surface area contributed by atoms with Gasteiger partial charge < -0.3 is 9.40 Å². The van der Waals surface area contributed by atoms with Crippen LogP contribution in [-0.2, 0) is 19.5 Å². The second-order valence-corrected chi connectivity index (χ2v) is 6.34. The van der Waals surface area contributed by atoms with Gasteiger partial charge in [-0.25, -0.2) is 4.98 Å². The van der Waals surface area contributed by atoms with Gasteiger partial charge in [-0.1, -0.05) is 23.7 Å². The molecule has 0 atom stereocenters. The van der Waals surface area contributed by atoms with E-state index in [0.717, 1.165) is 34.9 Å². The Bertz CT molecular complexity index is 918. The number of rotatable bonds is 3. The summed E-state index contributed by atoms with van der Waals surface area (Å²) >= 11 is 6.06. The van der Waals surface area contributed by atoms with E-state index in [9.17, 15) is 4.79 Å². The van der Waals surface area contributed by atoms with E-state index < -0.39 is 0 Å². The van der Waals surface area contributed by atoms with Gasteiger partial charge in [-0.05, 0) is 36.2 Å². The Morgan fingerprint density at radius 3 is 3.00 bits per heavy atom. The van der Waals surface area contributed by atoms with Gasteiger partial charge in [-0.15, -0.1) is 0 Å². The average molecular weight is 342 g/mol. The molecular formula is C18H16ClN3O2. The Morgan fingerprint density at radius 1 is 1.29 bits per heavy atom. The molecule has 0 spiro atoms. The maximum Gasteiger partial charge on any atom is 0.254 e. The third-order valence-electron chi connectivity index (χ3n) is 4.20. The second-order valence-electron chi connectivity index (χ2n) is 5.91. The standard InChI is InChI=1S/C18H16ClN3O2/c19-13-4-1-3-12(9-13)10-22-7-6-14-15(11-22)20-17(21-18(14)23)16-5-2-8-24-16/h1-5,8-9H,6-7,10-11H2,(H,20,21,23). The first-order chi connectivity index (χ1) is 11.7. The molecule has 24 heavy (non-hydrogen) atoms. The highest BCUT2D eigenvalue weighted by Gasteiger charge is 2.22. The second kappa shape index (κ2) is 6.26. The van der Waals surface area contributed by atoms with Gasteiger partial charge in [-0.3, -0.25) is 9.69 Å². The number of hydrogen-bond donors (Lipinski definition) is 1. The summed E-state index contributed by atoms with van der Waals surface area (Å²) in [6.45, 7) is 2.24. The molecule has 3 aromatic rings. The van der Waals surface area contributed by atoms with Crippen LogP contribution < -0.4 is 5.56 Å². The molecule has 1 aromatic carbocycles. The maximum atomic E-state index is 12.3. The van der Waals surface area contributed by atoms with Gasteiger partial charge in [-0.2, -0.15) is 0 Å². The van der Waals surface area contributed by atoms with Crippen molar-refractivity contribution in [3.8, 4) is 11.6 Å². The van der Waals surface area contributed by atoms with Crippen LogP contribution in [-0.4, -0.2) is 21.4 Å². The molecule has 4 rings (SSSR count). The fourth-order valence-corrected chi connectivity index (χ4v) is 3.27. The Kier molecular flexibility index (Phi) is 3.96. The number of halogens is 1. The van der Waals surface area contributed by atoms with Crippen LogP contribution in [0, 0.1) is 0 Å². The monoisotopic (exact) mass is 341 g/mol. The van der Waals surface area contributed by atoms with Crippen molar-refractivity contribution in [2.24, 2.45) is 0 Å². The summed E-state index contributed by atoms with van der Waals surface area (Å²) in [6, 6.07) is 11.4. The fourth-order valence-electron chi connectivity index (χ4n) is 3.05. The molecule has 122 valence electrons. The van der Waals surface area contributed by atoms with Crippen molar-refractivity contribution < 1.29 is 4.42 Å². The Hall–Kier alpha value is -2.37. The van der Waals surface area contributed by atoms with Gasteiger partial charge in [0.1, 0.15) is 0 Å². The molecule has 1 aliphatic rings. The SMILES string of the molecule is O=c1[nH]c(-c2ccco2)nc2c1CCN(Cc1cccc(Cl)c1)C2. The summed E-state index contributed by atoms with van der Waals surface area (Å²) in [6.07, 6.45) is 2.26. The van der Waals surface area contributed by atoms with E-state index >= 15 is 0 Å². The minimum Gasteiger partial charge on any atom is -0.461 e. The highest BCUT2D eigenvalue weighted by molar-refractivity contribution is 6.30. The van der Waals surface area contributed by atoms with Crippen LogP contribution in [0.2, 0.25) is 5.02 Å². The van der Waals surface area contributed by atoms with Crippen molar-refractivity contribution in [3.05, 3.63) is 74.9 Å². The highest BCUT2D eigenvalue weighted by Crippen LogP contribution is 2.21. The minimum atomic E-state index is -0.0752. The third-order valence-corrected chi connectivity index (χ3v) is 4.44. The molecule has 0 amide bonds. The first-order valence-corrected chi connectivity index (χ1v) is 8.19. The predicted octanol–water partition coefficient (Wildman–Crippen LogP) is 3.24. The zero-order chi connectivity index (χ0) is 16.5. The molecule has 6 heteroatoms. The number of benzene rings is 1. The number of nitrogens with one attached hydrogen (secondary N) is 1. The molecule has 2 aromatic heterocycles. The lowest BCUT2D eigenvalue weighted by Crippen LogP contribution is -2.35. The number of hydrogen-bond acceptors (Lipinski definition) is 4. The number of aromatic nitrogens is 2. The lowest BCUT2D eigenvalue weighted by atomic mass is 10.1. The molecule has 3 heterocycles. The van der Waals surface area contributed by atoms with Crippen molar-refractivity contribution in [1.29, 1.82) is 0 Å². The van der Waals surface area contributed by atoms with Gasteiger partial charge in [0, 0.05) is 30.2 Å². The summed E-state index contributed by atoms with van der Waals surface area (Å²) in [5.41, 5.74) is 2.67. The van der Waals surface area contributed by atoms with Crippen molar-refractivity contribution in [2.75, 3.05) is 6.54 Å². The van der Waals surface area contributed by atoms with Crippen LogP contribution in [0.25, 0.3) is 11.6 Å². The summed E-state index contributed by atoms with van der Waals surface area (Å²) in [4.78, 5) is 22.0. The van der Waals surface area contributed by atoms with Crippen molar-refractivity contribution in [3.63, 3.8) is 0 Å². The Morgan fingerprint density at radius 2 is 2.21 bits per heavy atom. The van der Waals surface area contributed by atoms with E-state index in [1.54, 1.807) is 18.4 Å². The van der Waals surface area contributed by atoms with Crippen LogP contribution in [0.3, 0.4) is 0 Å². The quantitative estimate of drug-likeness (QED) is 0.794. The summed E-state index contributed by atoms with van der Waals surface area (Å²) in [7, 11) is 0. The first-order valence-electron chi connectivity index (χ1n) is 7.82. The van der Waals surface area contributed by atoms with Crippen molar-refractivity contribution in [1.82, 2.24) is 14.9 Å². The lowest BCUT2D eigenvalue weighted by molar-refractivity contribution is 0.240. The molecule has 5 nitrogen and oxygen atoms in total. The van der Waals surface area contributed by atoms with Gasteiger partial charge in [0.05, 0.1) is 12.0 Å². The highest BCUT2D eigenvalue weighted by atomic mass is 35.5. The zero-order valence-corrected chi connectivity index (χ0v) is 13.7. The fraction of sp³-hybridized carbons (Fsp3) is 0.222. The van der Waals surface area contributed by atoms with Crippen LogP contribution in [0.15, 0.2) is 51.9 Å². The number of aromatic amines is 1. The number of fused-ring (bicyclic) bond motifs is 1. The number of nitrogens with zero attached hydrogens (tertiary/aromatic N) is 2. The van der Waals surface area contributed by atoms with Crippen LogP contribution in [0.4, 0.5) is 0 Å². The van der Waals surface area contributed by atoms with E-state index in [0.29, 0.717) is 24.6 Å². The van der Waals surface area contributed by atoms with Crippen LogP contribution >= 0.6 is 11.6 Å². The molecule has 1 aliphatic heterocycles. The van der Waals surface area contributed by atoms with Gasteiger partial charge in [0.2, 0.25) is 0 Å². The Balaban J connectivity index is 1.61. The van der Waals surface area contributed by atoms with E-state index in [1.165, 1.54) is 0 Å². The molecule has 0 bridgehead atoms. The van der Waals surface area contributed by atoms with E-state index in [2.05, 4.69) is 20.9 Å². The summed E-state index contributed by atoms with van der Waals surface area (Å²) in [5.74, 6) is 1.05. The van der Waals surface area contributed by atoms with E-state index in [1.807, 2.05) is 18.2 Å². The van der Waals surface area contributed by atoms with Gasteiger partial charge >= 0.3 is 0 Å². The van der Waals surface area contributed by atoms with Crippen molar-refractivity contribution in [2.45, 2.75) is 19.5 Å². The molecule has 0 aliphatic carbocycles. The topological polar surface area (TPSA) is 62.1 Å². The van der Waals surface area contributed by atoms with Crippen LogP contribution in [0.5, 0.6) is 0 Å². The number of furan rings is 1. The largest absolute Gasteiger partial charge is 0.461 e. The molecule has 1 N–H and O–H groups in total. The predicted molar refractivity (Wildman–Crippen MR) is 91.8 cm³/mol. The van der Waals surface area contributed by atoms with Crippen LogP contribution in [0.1, 0.15) is 16.8 Å². The maximum absolute atomic E-state index is 12.3. The van der Waals surface area contributed by atoms with Gasteiger partial charge in [0.15, 0.2) is 11.6 Å². The van der Waals surface area contributed by atoms with E-state index in [-0.39, 0.29) is 5.56 Å². The summed E-state index contributed by atoms with van der Waals surface area (Å²) in [5, 5.41) is 0.736. The normalized spacial score (nSPS) is 14.5. The molecule has 0 fully saturated rings. The van der Waals surface area contributed by atoms with Gasteiger partial charge in [0.25, 0.3) is 5.56 Å². The molecule has 0 radical (unpaired) electrons. The first kappa shape index (κ1) is 15.2. The number of H-pyrrole nitrogens is 1. The molecule has 0 saturated heterocycles. The van der Waals surface area contributed by atoms with E-state index in [4.69, 9.17) is 16.0 Å². The average Bonchev–Trinajstić information content (AvgIpc) is 3.09. The Labute approximate surface area is 143 Å². The molecule has 0 saturated carbocycles. The lowest BCUT2D eigenvalue weighted by Gasteiger charge is -2.27. The minimum absolute atomic E-state index is 0.0752. The zero-order valence-electron chi connectivity index (χ0n) is 13.0. The molecular weight excluding hydrogens is 326 g/mol. The van der Waals surface area contributed by atoms with Crippen molar-refractivity contribution >= 4 is 11.6 Å². The third kappa shape index (κ3) is 3.00. The summed E-state index contributed by atoms with van der Waals surface area (Å²) < 4.78 is 5.34.